The van der Waals surface area contributed by atoms with Gasteiger partial charge in [0, 0.05) is 5.56 Å². The standard InChI is InChI=1S/C11H10O4/c1-7-3-2-4-8-5-6-11(14,10(12)13)15-9(7)8/h2-6,14H,1H3,(H,12,13). The molecule has 2 rings (SSSR count). The van der Waals surface area contributed by atoms with E-state index in [4.69, 9.17) is 9.84 Å². The largest absolute Gasteiger partial charge is 0.476 e. The molecule has 4 heteroatoms. The first kappa shape index (κ1) is 9.73. The van der Waals surface area contributed by atoms with E-state index in [0.717, 1.165) is 17.2 Å². The van der Waals surface area contributed by atoms with E-state index < -0.39 is 11.8 Å². The van der Waals surface area contributed by atoms with Gasteiger partial charge in [0.15, 0.2) is 0 Å². The van der Waals surface area contributed by atoms with Crippen molar-refractivity contribution in [3.05, 3.63) is 35.4 Å². The van der Waals surface area contributed by atoms with Gasteiger partial charge in [-0.2, -0.15) is 0 Å². The molecule has 15 heavy (non-hydrogen) atoms. The van der Waals surface area contributed by atoms with Gasteiger partial charge in [0.2, 0.25) is 0 Å². The number of rotatable bonds is 1. The lowest BCUT2D eigenvalue weighted by atomic mass is 10.0. The van der Waals surface area contributed by atoms with Crippen molar-refractivity contribution in [2.24, 2.45) is 0 Å². The normalized spacial score (nSPS) is 23.1. The molecular formula is C11H10O4. The lowest BCUT2D eigenvalue weighted by Gasteiger charge is -2.26. The van der Waals surface area contributed by atoms with Gasteiger partial charge < -0.3 is 14.9 Å². The minimum absolute atomic E-state index is 0.407. The number of aliphatic hydroxyl groups is 1. The summed E-state index contributed by atoms with van der Waals surface area (Å²) in [4.78, 5) is 10.8. The Morgan fingerprint density at radius 3 is 2.87 bits per heavy atom. The fraction of sp³-hybridized carbons (Fsp3) is 0.182. The quantitative estimate of drug-likeness (QED) is 0.723. The second kappa shape index (κ2) is 3.10. The molecular weight excluding hydrogens is 196 g/mol. The van der Waals surface area contributed by atoms with E-state index in [-0.39, 0.29) is 0 Å². The van der Waals surface area contributed by atoms with Crippen molar-refractivity contribution in [1.29, 1.82) is 0 Å². The number of carbonyl (C=O) groups is 1. The molecule has 0 fully saturated rings. The van der Waals surface area contributed by atoms with Gasteiger partial charge in [-0.1, -0.05) is 18.2 Å². The smallest absolute Gasteiger partial charge is 0.381 e. The average Bonchev–Trinajstić information content (AvgIpc) is 2.19. The summed E-state index contributed by atoms with van der Waals surface area (Å²) in [6, 6.07) is 5.42. The predicted octanol–water partition coefficient (Wildman–Crippen LogP) is 1.17. The molecule has 0 spiro atoms. The number of carboxylic acids is 1. The molecule has 1 atom stereocenters. The zero-order chi connectivity index (χ0) is 11.1. The molecule has 0 radical (unpaired) electrons. The first-order valence-corrected chi connectivity index (χ1v) is 4.46. The van der Waals surface area contributed by atoms with Crippen molar-refractivity contribution in [3.63, 3.8) is 0 Å². The number of hydrogen-bond acceptors (Lipinski definition) is 3. The highest BCUT2D eigenvalue weighted by atomic mass is 16.6. The third-order valence-corrected chi connectivity index (χ3v) is 2.30. The lowest BCUT2D eigenvalue weighted by Crippen LogP contribution is -2.43. The van der Waals surface area contributed by atoms with Gasteiger partial charge in [0.05, 0.1) is 0 Å². The van der Waals surface area contributed by atoms with Gasteiger partial charge in [0.1, 0.15) is 5.75 Å². The molecule has 1 unspecified atom stereocenters. The molecule has 1 aromatic rings. The number of hydrogen-bond donors (Lipinski definition) is 2. The summed E-state index contributed by atoms with van der Waals surface area (Å²) in [7, 11) is 0. The minimum atomic E-state index is -2.25. The van der Waals surface area contributed by atoms with E-state index in [1.165, 1.54) is 0 Å². The van der Waals surface area contributed by atoms with Crippen LogP contribution in [0, 0.1) is 6.92 Å². The Hall–Kier alpha value is -1.81. The van der Waals surface area contributed by atoms with Crippen LogP contribution >= 0.6 is 0 Å². The molecule has 0 saturated carbocycles. The Morgan fingerprint density at radius 2 is 2.20 bits per heavy atom. The molecule has 0 bridgehead atoms. The number of carboxylic acid groups (broad SMARTS) is 1. The van der Waals surface area contributed by atoms with Crippen LogP contribution in [-0.2, 0) is 4.79 Å². The van der Waals surface area contributed by atoms with Gasteiger partial charge >= 0.3 is 11.8 Å². The van der Waals surface area contributed by atoms with E-state index in [2.05, 4.69) is 0 Å². The van der Waals surface area contributed by atoms with Crippen LogP contribution in [0.4, 0.5) is 0 Å². The zero-order valence-corrected chi connectivity index (χ0v) is 8.10. The van der Waals surface area contributed by atoms with E-state index in [1.54, 1.807) is 25.1 Å². The van der Waals surface area contributed by atoms with Crippen molar-refractivity contribution in [1.82, 2.24) is 0 Å². The molecule has 1 heterocycles. The molecule has 4 nitrogen and oxygen atoms in total. The van der Waals surface area contributed by atoms with Crippen molar-refractivity contribution in [2.45, 2.75) is 12.7 Å². The Bertz CT molecular complexity index is 450. The fourth-order valence-electron chi connectivity index (χ4n) is 1.45. The molecule has 1 aliphatic rings. The molecule has 1 aliphatic heterocycles. The maximum atomic E-state index is 10.8. The summed E-state index contributed by atoms with van der Waals surface area (Å²) in [5.74, 6) is -3.27. The van der Waals surface area contributed by atoms with E-state index in [9.17, 15) is 9.90 Å². The van der Waals surface area contributed by atoms with Gasteiger partial charge in [-0.15, -0.1) is 0 Å². The number of ether oxygens (including phenoxy) is 1. The van der Waals surface area contributed by atoms with Crippen molar-refractivity contribution in [3.8, 4) is 5.75 Å². The maximum Gasteiger partial charge on any atom is 0.381 e. The first-order valence-electron chi connectivity index (χ1n) is 4.46. The SMILES string of the molecule is Cc1cccc2c1OC(O)(C(=O)O)C=C2. The highest BCUT2D eigenvalue weighted by molar-refractivity contribution is 5.82. The number of para-hydroxylation sites is 1. The molecule has 0 aromatic heterocycles. The van der Waals surface area contributed by atoms with Crippen LogP contribution < -0.4 is 4.74 Å². The van der Waals surface area contributed by atoms with Gasteiger partial charge in [-0.25, -0.2) is 4.79 Å². The number of fused-ring (bicyclic) bond motifs is 1. The molecule has 78 valence electrons. The van der Waals surface area contributed by atoms with Crippen LogP contribution in [0.15, 0.2) is 24.3 Å². The zero-order valence-electron chi connectivity index (χ0n) is 8.10. The lowest BCUT2D eigenvalue weighted by molar-refractivity contribution is -0.180. The third kappa shape index (κ3) is 1.49. The van der Waals surface area contributed by atoms with E-state index in [1.807, 2.05) is 6.07 Å². The topological polar surface area (TPSA) is 66.8 Å². The molecule has 1 aromatic carbocycles. The van der Waals surface area contributed by atoms with Crippen LogP contribution in [0.3, 0.4) is 0 Å². The first-order chi connectivity index (χ1) is 7.03. The third-order valence-electron chi connectivity index (χ3n) is 2.30. The molecule has 0 amide bonds. The molecule has 0 aliphatic carbocycles. The van der Waals surface area contributed by atoms with Crippen LogP contribution in [0.25, 0.3) is 6.08 Å². The summed E-state index contributed by atoms with van der Waals surface area (Å²) in [6.45, 7) is 1.79. The van der Waals surface area contributed by atoms with Crippen LogP contribution in [0.2, 0.25) is 0 Å². The van der Waals surface area contributed by atoms with Crippen LogP contribution in [0.5, 0.6) is 5.75 Å². The predicted molar refractivity (Wildman–Crippen MR) is 53.4 cm³/mol. The second-order valence-corrected chi connectivity index (χ2v) is 3.43. The van der Waals surface area contributed by atoms with Crippen LogP contribution in [0.1, 0.15) is 11.1 Å². The average molecular weight is 206 g/mol. The Kier molecular flexibility index (Phi) is 2.01. The van der Waals surface area contributed by atoms with Gasteiger partial charge in [0.25, 0.3) is 0 Å². The Morgan fingerprint density at radius 1 is 1.47 bits per heavy atom. The van der Waals surface area contributed by atoms with E-state index >= 15 is 0 Å². The second-order valence-electron chi connectivity index (χ2n) is 3.43. The van der Waals surface area contributed by atoms with Gasteiger partial charge in [-0.05, 0) is 24.6 Å². The van der Waals surface area contributed by atoms with Crippen molar-refractivity contribution >= 4 is 12.0 Å². The minimum Gasteiger partial charge on any atom is -0.476 e. The number of aryl methyl sites for hydroxylation is 1. The fourth-order valence-corrected chi connectivity index (χ4v) is 1.45. The highest BCUT2D eigenvalue weighted by Crippen LogP contribution is 2.32. The number of benzene rings is 1. The molecule has 2 N–H and O–H groups in total. The van der Waals surface area contributed by atoms with Gasteiger partial charge in [-0.3, -0.25) is 0 Å². The highest BCUT2D eigenvalue weighted by Gasteiger charge is 2.38. The summed E-state index contributed by atoms with van der Waals surface area (Å²) >= 11 is 0. The summed E-state index contributed by atoms with van der Waals surface area (Å²) in [5, 5.41) is 18.4. The van der Waals surface area contributed by atoms with Crippen molar-refractivity contribution < 1.29 is 19.7 Å². The Balaban J connectivity index is 2.50. The summed E-state index contributed by atoms with van der Waals surface area (Å²) in [6.07, 6.45) is 2.66. The summed E-state index contributed by atoms with van der Waals surface area (Å²) in [5.41, 5.74) is 1.55. The maximum absolute atomic E-state index is 10.8. The monoisotopic (exact) mass is 206 g/mol. The van der Waals surface area contributed by atoms with Crippen LogP contribution in [-0.4, -0.2) is 22.0 Å². The molecule has 0 saturated heterocycles. The summed E-state index contributed by atoms with van der Waals surface area (Å²) < 4.78 is 5.08. The number of aliphatic carboxylic acids is 1. The van der Waals surface area contributed by atoms with E-state index in [0.29, 0.717) is 5.75 Å². The Labute approximate surface area is 86.4 Å². The van der Waals surface area contributed by atoms with Crippen molar-refractivity contribution in [2.75, 3.05) is 0 Å².